The monoisotopic (exact) mass is 302 g/mol. The van der Waals surface area contributed by atoms with Gasteiger partial charge in [-0.3, -0.25) is 0 Å². The van der Waals surface area contributed by atoms with Gasteiger partial charge in [0.25, 0.3) is 0 Å². The average molecular weight is 302 g/mol. The number of fused-ring (bicyclic) bond motifs is 1. The van der Waals surface area contributed by atoms with Gasteiger partial charge in [0.2, 0.25) is 0 Å². The lowest BCUT2D eigenvalue weighted by molar-refractivity contribution is 0.00223. The van der Waals surface area contributed by atoms with E-state index in [1.165, 1.54) is 18.2 Å². The molecule has 0 unspecified atom stereocenters. The summed E-state index contributed by atoms with van der Waals surface area (Å²) in [5.74, 6) is 0.0299. The number of aromatic hydroxyl groups is 3. The molecule has 3 atom stereocenters. The second kappa shape index (κ2) is 5.10. The summed E-state index contributed by atoms with van der Waals surface area (Å²) >= 11 is 0. The fraction of sp³-hybridized carbons (Fsp3) is 0.294. The average Bonchev–Trinajstić information content (AvgIpc) is 2.48. The third-order valence-corrected chi connectivity index (χ3v) is 4.26. The third kappa shape index (κ3) is 2.14. The highest BCUT2D eigenvalue weighted by Crippen LogP contribution is 2.49. The van der Waals surface area contributed by atoms with Gasteiger partial charge in [-0.15, -0.1) is 0 Å². The first-order valence-electron chi connectivity index (χ1n) is 7.09. The predicted molar refractivity (Wildman–Crippen MR) is 80.4 cm³/mol. The van der Waals surface area contributed by atoms with Crippen LogP contribution in [0, 0.1) is 6.92 Å². The molecule has 0 spiro atoms. The van der Waals surface area contributed by atoms with Crippen LogP contribution in [0.4, 0.5) is 0 Å². The zero-order chi connectivity index (χ0) is 16.0. The van der Waals surface area contributed by atoms with Gasteiger partial charge in [-0.25, -0.2) is 0 Å². The van der Waals surface area contributed by atoms with E-state index in [-0.39, 0.29) is 23.2 Å². The molecule has 2 aromatic rings. The molecule has 4 N–H and O–H groups in total. The van der Waals surface area contributed by atoms with Gasteiger partial charge < -0.3 is 25.2 Å². The van der Waals surface area contributed by atoms with E-state index >= 15 is 0 Å². The molecule has 0 saturated heterocycles. The molecule has 116 valence electrons. The smallest absolute Gasteiger partial charge is 0.150 e. The number of aliphatic hydroxyl groups excluding tert-OH is 1. The second-order valence-corrected chi connectivity index (χ2v) is 5.69. The van der Waals surface area contributed by atoms with Crippen molar-refractivity contribution >= 4 is 0 Å². The van der Waals surface area contributed by atoms with Crippen LogP contribution in [-0.2, 0) is 0 Å². The summed E-state index contributed by atoms with van der Waals surface area (Å²) in [4.78, 5) is 0. The molecule has 0 fully saturated rings. The maximum Gasteiger partial charge on any atom is 0.150 e. The SMILES string of the molecule is Cc1c(O)cc(O)c2c1O[C@@H](c1ccc(O)cc1)[C@H](O)[C@H]2C. The van der Waals surface area contributed by atoms with Gasteiger partial charge in [0.1, 0.15) is 29.1 Å². The van der Waals surface area contributed by atoms with Crippen molar-refractivity contribution in [2.45, 2.75) is 32.0 Å². The molecule has 2 aromatic carbocycles. The molecule has 0 aliphatic carbocycles. The maximum absolute atomic E-state index is 10.5. The van der Waals surface area contributed by atoms with Crippen molar-refractivity contribution in [3.8, 4) is 23.0 Å². The highest BCUT2D eigenvalue weighted by atomic mass is 16.5. The molecular weight excluding hydrogens is 284 g/mol. The number of rotatable bonds is 1. The first-order chi connectivity index (χ1) is 10.4. The molecule has 5 nitrogen and oxygen atoms in total. The lowest BCUT2D eigenvalue weighted by Crippen LogP contribution is -2.33. The van der Waals surface area contributed by atoms with Crippen LogP contribution in [0.15, 0.2) is 30.3 Å². The number of hydrogen-bond donors (Lipinski definition) is 4. The summed E-state index contributed by atoms with van der Waals surface area (Å²) in [6.45, 7) is 3.50. The van der Waals surface area contributed by atoms with E-state index in [1.54, 1.807) is 26.0 Å². The topological polar surface area (TPSA) is 90.2 Å². The number of benzene rings is 2. The van der Waals surface area contributed by atoms with Gasteiger partial charge in [-0.1, -0.05) is 19.1 Å². The summed E-state index contributed by atoms with van der Waals surface area (Å²) in [7, 11) is 0. The Morgan fingerprint density at radius 3 is 2.27 bits per heavy atom. The van der Waals surface area contributed by atoms with E-state index in [0.29, 0.717) is 22.4 Å². The van der Waals surface area contributed by atoms with E-state index < -0.39 is 12.2 Å². The lowest BCUT2D eigenvalue weighted by Gasteiger charge is -2.36. The number of phenolic OH excluding ortho intramolecular Hbond substituents is 3. The van der Waals surface area contributed by atoms with Gasteiger partial charge in [-0.05, 0) is 24.6 Å². The Labute approximate surface area is 128 Å². The van der Waals surface area contributed by atoms with Crippen LogP contribution in [0.5, 0.6) is 23.0 Å². The van der Waals surface area contributed by atoms with Crippen LogP contribution in [0.1, 0.15) is 35.6 Å². The van der Waals surface area contributed by atoms with Crippen molar-refractivity contribution in [3.63, 3.8) is 0 Å². The van der Waals surface area contributed by atoms with Crippen LogP contribution in [0.3, 0.4) is 0 Å². The van der Waals surface area contributed by atoms with Crippen molar-refractivity contribution in [1.82, 2.24) is 0 Å². The molecule has 0 radical (unpaired) electrons. The molecule has 1 aliphatic rings. The van der Waals surface area contributed by atoms with Crippen LogP contribution in [0.25, 0.3) is 0 Å². The Hall–Kier alpha value is -2.40. The summed E-state index contributed by atoms with van der Waals surface area (Å²) in [6, 6.07) is 7.68. The summed E-state index contributed by atoms with van der Waals surface area (Å²) in [5.41, 5.74) is 1.73. The van der Waals surface area contributed by atoms with Crippen molar-refractivity contribution in [3.05, 3.63) is 47.0 Å². The summed E-state index contributed by atoms with van der Waals surface area (Å²) in [5, 5.41) is 39.8. The van der Waals surface area contributed by atoms with E-state index in [0.717, 1.165) is 0 Å². The zero-order valence-corrected chi connectivity index (χ0v) is 12.3. The fourth-order valence-corrected chi connectivity index (χ4v) is 2.90. The highest BCUT2D eigenvalue weighted by molar-refractivity contribution is 5.58. The fourth-order valence-electron chi connectivity index (χ4n) is 2.90. The maximum atomic E-state index is 10.5. The van der Waals surface area contributed by atoms with E-state index in [9.17, 15) is 20.4 Å². The third-order valence-electron chi connectivity index (χ3n) is 4.26. The van der Waals surface area contributed by atoms with Crippen LogP contribution in [0.2, 0.25) is 0 Å². The summed E-state index contributed by atoms with van der Waals surface area (Å²) in [6.07, 6.45) is -1.49. The molecule has 0 amide bonds. The Balaban J connectivity index is 2.10. The van der Waals surface area contributed by atoms with E-state index in [4.69, 9.17) is 4.74 Å². The molecule has 5 heteroatoms. The molecule has 22 heavy (non-hydrogen) atoms. The normalized spacial score (nSPS) is 23.7. The molecule has 0 saturated carbocycles. The summed E-state index contributed by atoms with van der Waals surface area (Å²) < 4.78 is 5.88. The van der Waals surface area contributed by atoms with Gasteiger partial charge in [-0.2, -0.15) is 0 Å². The second-order valence-electron chi connectivity index (χ2n) is 5.69. The zero-order valence-electron chi connectivity index (χ0n) is 12.3. The first-order valence-corrected chi connectivity index (χ1v) is 7.09. The van der Waals surface area contributed by atoms with Crippen molar-refractivity contribution in [1.29, 1.82) is 0 Å². The first kappa shape index (κ1) is 14.5. The highest BCUT2D eigenvalue weighted by Gasteiger charge is 2.38. The van der Waals surface area contributed by atoms with Crippen molar-refractivity contribution in [2.75, 3.05) is 0 Å². The minimum absolute atomic E-state index is 0.0516. The predicted octanol–water partition coefficient (Wildman–Crippen LogP) is 2.71. The molecule has 0 bridgehead atoms. The number of aliphatic hydroxyl groups is 1. The minimum atomic E-state index is -0.855. The lowest BCUT2D eigenvalue weighted by atomic mass is 9.84. The van der Waals surface area contributed by atoms with Gasteiger partial charge >= 0.3 is 0 Å². The Morgan fingerprint density at radius 1 is 1.00 bits per heavy atom. The quantitative estimate of drug-likeness (QED) is 0.650. The molecule has 1 heterocycles. The largest absolute Gasteiger partial charge is 0.508 e. The van der Waals surface area contributed by atoms with Crippen molar-refractivity contribution in [2.24, 2.45) is 0 Å². The number of ether oxygens (including phenoxy) is 1. The number of phenols is 3. The van der Waals surface area contributed by atoms with Crippen LogP contribution < -0.4 is 4.74 Å². The molecule has 1 aliphatic heterocycles. The Bertz CT molecular complexity index is 708. The van der Waals surface area contributed by atoms with E-state index in [1.807, 2.05) is 0 Å². The van der Waals surface area contributed by atoms with Gasteiger partial charge in [0.15, 0.2) is 6.10 Å². The Morgan fingerprint density at radius 2 is 1.64 bits per heavy atom. The minimum Gasteiger partial charge on any atom is -0.508 e. The molecular formula is C17H18O5. The van der Waals surface area contributed by atoms with Gasteiger partial charge in [0, 0.05) is 23.1 Å². The van der Waals surface area contributed by atoms with Crippen LogP contribution in [-0.4, -0.2) is 26.5 Å². The Kier molecular flexibility index (Phi) is 3.37. The van der Waals surface area contributed by atoms with Crippen molar-refractivity contribution < 1.29 is 25.2 Å². The number of hydrogen-bond acceptors (Lipinski definition) is 5. The van der Waals surface area contributed by atoms with Gasteiger partial charge in [0.05, 0.1) is 0 Å². The molecule has 3 rings (SSSR count). The molecule has 0 aromatic heterocycles. The standard InChI is InChI=1S/C17H18O5/c1-8-12(19)7-13(20)14-9(2)15(21)17(22-16(8)14)10-3-5-11(18)6-4-10/h3-7,9,15,17-21H,1-2H3/t9-,15+,17-/m0/s1. The van der Waals surface area contributed by atoms with E-state index in [2.05, 4.69) is 0 Å². The van der Waals surface area contributed by atoms with Crippen LogP contribution >= 0.6 is 0 Å².